The predicted octanol–water partition coefficient (Wildman–Crippen LogP) is 0.409. The molecule has 1 aromatic rings. The number of aliphatic carboxylic acids is 1. The van der Waals surface area contributed by atoms with Crippen molar-refractivity contribution < 1.29 is 24.3 Å². The molecule has 1 aliphatic carbocycles. The van der Waals surface area contributed by atoms with Crippen molar-refractivity contribution in [3.8, 4) is 0 Å². The zero-order chi connectivity index (χ0) is 19.1. The summed E-state index contributed by atoms with van der Waals surface area (Å²) >= 11 is 0. The lowest BCUT2D eigenvalue weighted by Gasteiger charge is -2.25. The van der Waals surface area contributed by atoms with Crippen molar-refractivity contribution in [2.75, 3.05) is 6.54 Å². The van der Waals surface area contributed by atoms with Crippen LogP contribution in [0.4, 0.5) is 0 Å². The molecule has 8 nitrogen and oxygen atoms in total. The van der Waals surface area contributed by atoms with Gasteiger partial charge in [-0.15, -0.1) is 0 Å². The number of benzene rings is 1. The molecule has 0 spiro atoms. The van der Waals surface area contributed by atoms with Crippen LogP contribution in [0.25, 0.3) is 0 Å². The molecule has 2 atom stereocenters. The first-order valence-electron chi connectivity index (χ1n) is 8.52. The average Bonchev–Trinajstić information content (AvgIpc) is 2.64. The highest BCUT2D eigenvalue weighted by Gasteiger charge is 2.30. The van der Waals surface area contributed by atoms with E-state index in [1.807, 2.05) is 0 Å². The minimum atomic E-state index is -0.840. The van der Waals surface area contributed by atoms with Crippen LogP contribution >= 0.6 is 0 Å². The lowest BCUT2D eigenvalue weighted by atomic mass is 9.81. The van der Waals surface area contributed by atoms with Crippen molar-refractivity contribution in [1.82, 2.24) is 10.6 Å². The lowest BCUT2D eigenvalue weighted by Crippen LogP contribution is -2.35. The fraction of sp³-hybridized carbons (Fsp3) is 0.444. The summed E-state index contributed by atoms with van der Waals surface area (Å²) in [5, 5.41) is 14.3. The van der Waals surface area contributed by atoms with Gasteiger partial charge in [-0.1, -0.05) is 18.6 Å². The first-order chi connectivity index (χ1) is 12.4. The zero-order valence-corrected chi connectivity index (χ0v) is 14.4. The van der Waals surface area contributed by atoms with Crippen LogP contribution in [0, 0.1) is 11.8 Å². The number of carbonyl (C=O) groups excluding carboxylic acids is 3. The van der Waals surface area contributed by atoms with E-state index < -0.39 is 23.7 Å². The molecule has 0 heterocycles. The Kier molecular flexibility index (Phi) is 6.71. The molecule has 140 valence electrons. The number of carbonyl (C=O) groups is 4. The molecule has 26 heavy (non-hydrogen) atoms. The van der Waals surface area contributed by atoms with E-state index in [9.17, 15) is 19.2 Å². The standard InChI is InChI=1S/C18H23N3O5/c19-15(22)10-21-16(23)12-6-4-11(5-7-12)9-20-17(24)13-2-1-3-14(8-13)18(25)26/h4-7,13-14H,1-3,8-10H2,(H2,19,22)(H,20,24)(H,21,23)(H,25,26)/t13-,14+/m1/s1. The number of rotatable bonds is 7. The molecular formula is C18H23N3O5. The van der Waals surface area contributed by atoms with Crippen molar-refractivity contribution >= 4 is 23.7 Å². The number of nitrogens with two attached hydrogens (primary N) is 1. The maximum atomic E-state index is 12.3. The number of carboxylic acid groups (broad SMARTS) is 1. The summed E-state index contributed by atoms with van der Waals surface area (Å²) in [5.74, 6) is -2.72. The average molecular weight is 361 g/mol. The van der Waals surface area contributed by atoms with Crippen molar-refractivity contribution in [3.05, 3.63) is 35.4 Å². The predicted molar refractivity (Wildman–Crippen MR) is 92.9 cm³/mol. The lowest BCUT2D eigenvalue weighted by molar-refractivity contribution is -0.144. The van der Waals surface area contributed by atoms with Gasteiger partial charge in [0.1, 0.15) is 0 Å². The van der Waals surface area contributed by atoms with Gasteiger partial charge in [-0.25, -0.2) is 0 Å². The van der Waals surface area contributed by atoms with Crippen molar-refractivity contribution in [2.24, 2.45) is 17.6 Å². The molecule has 1 aromatic carbocycles. The number of hydrogen-bond acceptors (Lipinski definition) is 4. The van der Waals surface area contributed by atoms with Gasteiger partial charge in [-0.3, -0.25) is 19.2 Å². The van der Waals surface area contributed by atoms with Crippen LogP contribution in [0.1, 0.15) is 41.6 Å². The van der Waals surface area contributed by atoms with Gasteiger partial charge in [0.25, 0.3) is 5.91 Å². The van der Waals surface area contributed by atoms with Crippen molar-refractivity contribution in [3.63, 3.8) is 0 Å². The molecule has 2 rings (SSSR count). The van der Waals surface area contributed by atoms with Crippen LogP contribution in [-0.4, -0.2) is 35.3 Å². The highest BCUT2D eigenvalue weighted by Crippen LogP contribution is 2.29. The van der Waals surface area contributed by atoms with E-state index in [0.29, 0.717) is 31.4 Å². The summed E-state index contributed by atoms with van der Waals surface area (Å²) in [4.78, 5) is 45.8. The van der Waals surface area contributed by atoms with Gasteiger partial charge in [0, 0.05) is 18.0 Å². The second-order valence-electron chi connectivity index (χ2n) is 6.46. The highest BCUT2D eigenvalue weighted by molar-refractivity contribution is 5.96. The van der Waals surface area contributed by atoms with Crippen molar-refractivity contribution in [1.29, 1.82) is 0 Å². The molecular weight excluding hydrogens is 338 g/mol. The third-order valence-electron chi connectivity index (χ3n) is 4.50. The maximum Gasteiger partial charge on any atom is 0.306 e. The molecule has 0 bridgehead atoms. The second-order valence-corrected chi connectivity index (χ2v) is 6.46. The third-order valence-corrected chi connectivity index (χ3v) is 4.50. The number of nitrogens with one attached hydrogen (secondary N) is 2. The van der Waals surface area contributed by atoms with E-state index in [0.717, 1.165) is 12.0 Å². The number of carboxylic acids is 1. The smallest absolute Gasteiger partial charge is 0.306 e. The number of primary amides is 1. The Morgan fingerprint density at radius 2 is 1.69 bits per heavy atom. The van der Waals surface area contributed by atoms with E-state index in [-0.39, 0.29) is 18.4 Å². The first-order valence-corrected chi connectivity index (χ1v) is 8.52. The molecule has 1 fully saturated rings. The molecule has 0 saturated heterocycles. The minimum Gasteiger partial charge on any atom is -0.481 e. The largest absolute Gasteiger partial charge is 0.481 e. The summed E-state index contributed by atoms with van der Waals surface area (Å²) in [6.45, 7) is 0.0750. The van der Waals surface area contributed by atoms with Crippen LogP contribution in [0.2, 0.25) is 0 Å². The Morgan fingerprint density at radius 3 is 2.31 bits per heavy atom. The van der Waals surface area contributed by atoms with Crippen LogP contribution in [0.3, 0.4) is 0 Å². The Hall–Kier alpha value is -2.90. The van der Waals surface area contributed by atoms with Gasteiger partial charge in [0.05, 0.1) is 12.5 Å². The quantitative estimate of drug-likeness (QED) is 0.557. The number of hydrogen-bond donors (Lipinski definition) is 4. The van der Waals surface area contributed by atoms with Crippen LogP contribution in [0.15, 0.2) is 24.3 Å². The molecule has 1 saturated carbocycles. The van der Waals surface area contributed by atoms with Gasteiger partial charge in [0.15, 0.2) is 0 Å². The molecule has 0 aliphatic heterocycles. The Balaban J connectivity index is 1.83. The van der Waals surface area contributed by atoms with Crippen LogP contribution < -0.4 is 16.4 Å². The summed E-state index contributed by atoms with van der Waals surface area (Å²) < 4.78 is 0. The monoisotopic (exact) mass is 361 g/mol. The summed E-state index contributed by atoms with van der Waals surface area (Å²) in [7, 11) is 0. The molecule has 0 aromatic heterocycles. The normalized spacial score (nSPS) is 19.4. The SMILES string of the molecule is NC(=O)CNC(=O)c1ccc(CNC(=O)[C@@H]2CCC[C@H](C(=O)O)C2)cc1. The molecule has 0 unspecified atom stereocenters. The van der Waals surface area contributed by atoms with E-state index in [2.05, 4.69) is 10.6 Å². The van der Waals surface area contributed by atoms with Gasteiger partial charge in [-0.2, -0.15) is 0 Å². The highest BCUT2D eigenvalue weighted by atomic mass is 16.4. The van der Waals surface area contributed by atoms with Crippen molar-refractivity contribution in [2.45, 2.75) is 32.2 Å². The first kappa shape index (κ1) is 19.4. The van der Waals surface area contributed by atoms with Crippen LogP contribution in [-0.2, 0) is 20.9 Å². The molecule has 0 radical (unpaired) electrons. The van der Waals surface area contributed by atoms with E-state index >= 15 is 0 Å². The maximum absolute atomic E-state index is 12.3. The third kappa shape index (κ3) is 5.58. The Morgan fingerprint density at radius 1 is 1.04 bits per heavy atom. The van der Waals surface area contributed by atoms with Gasteiger partial charge >= 0.3 is 5.97 Å². The van der Waals surface area contributed by atoms with E-state index in [4.69, 9.17) is 10.8 Å². The summed E-state index contributed by atoms with van der Waals surface area (Å²) in [5.41, 5.74) is 6.17. The molecule has 8 heteroatoms. The zero-order valence-electron chi connectivity index (χ0n) is 14.4. The van der Waals surface area contributed by atoms with Crippen LogP contribution in [0.5, 0.6) is 0 Å². The molecule has 1 aliphatic rings. The second kappa shape index (κ2) is 8.98. The minimum absolute atomic E-state index is 0.140. The van der Waals surface area contributed by atoms with Gasteiger partial charge in [-0.05, 0) is 37.0 Å². The topological polar surface area (TPSA) is 139 Å². The Bertz CT molecular complexity index is 687. The van der Waals surface area contributed by atoms with E-state index in [1.54, 1.807) is 24.3 Å². The van der Waals surface area contributed by atoms with Gasteiger partial charge in [0.2, 0.25) is 11.8 Å². The fourth-order valence-corrected chi connectivity index (χ4v) is 3.03. The van der Waals surface area contributed by atoms with E-state index in [1.165, 1.54) is 0 Å². The molecule has 3 amide bonds. The summed E-state index contributed by atoms with van der Waals surface area (Å²) in [6, 6.07) is 6.61. The summed E-state index contributed by atoms with van der Waals surface area (Å²) in [6.07, 6.45) is 2.44. The van der Waals surface area contributed by atoms with Gasteiger partial charge < -0.3 is 21.5 Å². The Labute approximate surface area is 151 Å². The molecule has 5 N–H and O–H groups in total. The number of amides is 3. The fourth-order valence-electron chi connectivity index (χ4n) is 3.03.